The summed E-state index contributed by atoms with van der Waals surface area (Å²) in [6.45, 7) is 2.64. The topological polar surface area (TPSA) is 52.3 Å². The zero-order valence-corrected chi connectivity index (χ0v) is 8.31. The summed E-state index contributed by atoms with van der Waals surface area (Å²) in [5.74, 6) is 1.65. The molecular formula is C8H17NO2S. The van der Waals surface area contributed by atoms with E-state index < -0.39 is 10.8 Å². The van der Waals surface area contributed by atoms with Gasteiger partial charge in [-0.1, -0.05) is 0 Å². The summed E-state index contributed by atoms with van der Waals surface area (Å²) in [6, 6.07) is 0.00959. The summed E-state index contributed by atoms with van der Waals surface area (Å²) in [5.41, 5.74) is 5.49. The average Bonchev–Trinajstić information content (AvgIpc) is 2.69. The van der Waals surface area contributed by atoms with E-state index in [1.807, 2.05) is 6.92 Å². The summed E-state index contributed by atoms with van der Waals surface area (Å²) < 4.78 is 16.4. The summed E-state index contributed by atoms with van der Waals surface area (Å²) in [7, 11) is -0.886. The van der Waals surface area contributed by atoms with Crippen molar-refractivity contribution in [2.45, 2.75) is 25.8 Å². The van der Waals surface area contributed by atoms with Crippen LogP contribution in [0.5, 0.6) is 0 Å². The van der Waals surface area contributed by atoms with Crippen molar-refractivity contribution in [3.05, 3.63) is 0 Å². The number of hydrogen-bond acceptors (Lipinski definition) is 3. The molecule has 72 valence electrons. The highest BCUT2D eigenvalue weighted by molar-refractivity contribution is 7.84. The summed E-state index contributed by atoms with van der Waals surface area (Å²) in [6.07, 6.45) is 2.56. The first kappa shape index (κ1) is 10.2. The van der Waals surface area contributed by atoms with Crippen LogP contribution in [-0.4, -0.2) is 28.5 Å². The second-order valence-electron chi connectivity index (χ2n) is 3.52. The van der Waals surface area contributed by atoms with E-state index in [1.54, 1.807) is 0 Å². The minimum atomic E-state index is -0.886. The molecule has 1 rings (SSSR count). The molecule has 0 aliphatic heterocycles. The van der Waals surface area contributed by atoms with Gasteiger partial charge in [-0.2, -0.15) is 0 Å². The molecule has 1 aliphatic rings. The number of hydrogen-bond donors (Lipinski definition) is 1. The molecule has 12 heavy (non-hydrogen) atoms. The van der Waals surface area contributed by atoms with Gasteiger partial charge in [0.2, 0.25) is 0 Å². The molecular weight excluding hydrogens is 174 g/mol. The summed E-state index contributed by atoms with van der Waals surface area (Å²) in [5, 5.41) is 0. The molecule has 4 heteroatoms. The van der Waals surface area contributed by atoms with Crippen LogP contribution >= 0.6 is 0 Å². The van der Waals surface area contributed by atoms with E-state index in [-0.39, 0.29) is 6.04 Å². The van der Waals surface area contributed by atoms with Gasteiger partial charge in [-0.15, -0.1) is 0 Å². The van der Waals surface area contributed by atoms with Crippen LogP contribution in [-0.2, 0) is 15.5 Å². The normalized spacial score (nSPS) is 22.2. The predicted octanol–water partition coefficient (Wildman–Crippen LogP) is 0.466. The first-order chi connectivity index (χ1) is 5.68. The lowest BCUT2D eigenvalue weighted by Crippen LogP contribution is -2.24. The van der Waals surface area contributed by atoms with Crippen molar-refractivity contribution in [3.8, 4) is 0 Å². The highest BCUT2D eigenvalue weighted by Crippen LogP contribution is 2.28. The van der Waals surface area contributed by atoms with Gasteiger partial charge < -0.3 is 10.5 Å². The molecule has 3 nitrogen and oxygen atoms in total. The Morgan fingerprint density at radius 3 is 2.83 bits per heavy atom. The summed E-state index contributed by atoms with van der Waals surface area (Å²) >= 11 is 0. The van der Waals surface area contributed by atoms with Gasteiger partial charge in [0.1, 0.15) is 5.94 Å². The minimum Gasteiger partial charge on any atom is -0.368 e. The van der Waals surface area contributed by atoms with Crippen molar-refractivity contribution in [2.75, 3.05) is 18.3 Å². The fraction of sp³-hybridized carbons (Fsp3) is 1.00. The molecule has 0 spiro atoms. The standard InChI is InChI=1S/C8H17NO2S/c1-7(9)5-12(10)6-11-4-8-2-3-8/h7-8H,2-6,9H2,1H3. The smallest absolute Gasteiger partial charge is 0.122 e. The third kappa shape index (κ3) is 4.85. The van der Waals surface area contributed by atoms with E-state index in [4.69, 9.17) is 10.5 Å². The van der Waals surface area contributed by atoms with E-state index in [2.05, 4.69) is 0 Å². The van der Waals surface area contributed by atoms with Gasteiger partial charge in [-0.3, -0.25) is 4.21 Å². The van der Waals surface area contributed by atoms with E-state index >= 15 is 0 Å². The van der Waals surface area contributed by atoms with E-state index in [0.717, 1.165) is 12.5 Å². The lowest BCUT2D eigenvalue weighted by molar-refractivity contribution is 0.168. The second kappa shape index (κ2) is 4.94. The molecule has 0 heterocycles. The van der Waals surface area contributed by atoms with Crippen molar-refractivity contribution in [1.29, 1.82) is 0 Å². The molecule has 0 radical (unpaired) electrons. The predicted molar refractivity (Wildman–Crippen MR) is 50.2 cm³/mol. The lowest BCUT2D eigenvalue weighted by Gasteiger charge is -2.05. The van der Waals surface area contributed by atoms with Gasteiger partial charge in [0, 0.05) is 22.6 Å². The second-order valence-corrected chi connectivity index (χ2v) is 4.96. The maximum Gasteiger partial charge on any atom is 0.122 e. The molecule has 1 aliphatic carbocycles. The Kier molecular flexibility index (Phi) is 4.18. The van der Waals surface area contributed by atoms with Crippen LogP contribution < -0.4 is 5.73 Å². The molecule has 0 aromatic heterocycles. The fourth-order valence-corrected chi connectivity index (χ4v) is 1.90. The van der Waals surface area contributed by atoms with Gasteiger partial charge in [-0.25, -0.2) is 0 Å². The van der Waals surface area contributed by atoms with E-state index in [1.165, 1.54) is 12.8 Å². The summed E-state index contributed by atoms with van der Waals surface area (Å²) in [4.78, 5) is 0. The Morgan fingerprint density at radius 1 is 1.67 bits per heavy atom. The van der Waals surface area contributed by atoms with Crippen molar-refractivity contribution in [2.24, 2.45) is 11.7 Å². The van der Waals surface area contributed by atoms with Crippen molar-refractivity contribution in [1.82, 2.24) is 0 Å². The third-order valence-corrected chi connectivity index (χ3v) is 3.04. The van der Waals surface area contributed by atoms with Crippen LogP contribution in [0.15, 0.2) is 0 Å². The Hall–Kier alpha value is 0.0700. The van der Waals surface area contributed by atoms with Crippen LogP contribution in [0, 0.1) is 5.92 Å². The molecule has 2 atom stereocenters. The largest absolute Gasteiger partial charge is 0.368 e. The van der Waals surface area contributed by atoms with Crippen molar-refractivity contribution in [3.63, 3.8) is 0 Å². The zero-order valence-electron chi connectivity index (χ0n) is 7.49. The Bertz CT molecular complexity index is 157. The number of ether oxygens (including phenoxy) is 1. The first-order valence-electron chi connectivity index (χ1n) is 4.37. The number of rotatable bonds is 6. The molecule has 2 unspecified atom stereocenters. The Balaban J connectivity index is 1.93. The van der Waals surface area contributed by atoms with Gasteiger partial charge in [0.15, 0.2) is 0 Å². The molecule has 0 aromatic carbocycles. The molecule has 2 N–H and O–H groups in total. The maximum absolute atomic E-state index is 11.2. The van der Waals surface area contributed by atoms with Gasteiger partial charge in [0.25, 0.3) is 0 Å². The quantitative estimate of drug-likeness (QED) is 0.664. The SMILES string of the molecule is CC(N)CS(=O)COCC1CC1. The Labute approximate surface area is 76.1 Å². The first-order valence-corrected chi connectivity index (χ1v) is 5.85. The molecule has 1 fully saturated rings. The Morgan fingerprint density at radius 2 is 2.33 bits per heavy atom. The molecule has 0 bridgehead atoms. The van der Waals surface area contributed by atoms with Crippen LogP contribution in [0.4, 0.5) is 0 Å². The highest BCUT2D eigenvalue weighted by atomic mass is 32.2. The van der Waals surface area contributed by atoms with Gasteiger partial charge in [0.05, 0.1) is 6.61 Å². The average molecular weight is 191 g/mol. The number of nitrogens with two attached hydrogens (primary N) is 1. The van der Waals surface area contributed by atoms with Crippen LogP contribution in [0.3, 0.4) is 0 Å². The monoisotopic (exact) mass is 191 g/mol. The van der Waals surface area contributed by atoms with Crippen molar-refractivity contribution >= 4 is 10.8 Å². The zero-order chi connectivity index (χ0) is 8.97. The molecule has 1 saturated carbocycles. The third-order valence-electron chi connectivity index (χ3n) is 1.71. The van der Waals surface area contributed by atoms with E-state index in [0.29, 0.717) is 11.7 Å². The molecule has 0 saturated heterocycles. The van der Waals surface area contributed by atoms with Crippen LogP contribution in [0.2, 0.25) is 0 Å². The van der Waals surface area contributed by atoms with E-state index in [9.17, 15) is 4.21 Å². The molecule has 0 amide bonds. The lowest BCUT2D eigenvalue weighted by atomic mass is 10.4. The maximum atomic E-state index is 11.2. The van der Waals surface area contributed by atoms with Crippen LogP contribution in [0.1, 0.15) is 19.8 Å². The van der Waals surface area contributed by atoms with Gasteiger partial charge >= 0.3 is 0 Å². The fourth-order valence-electron chi connectivity index (χ4n) is 0.934. The van der Waals surface area contributed by atoms with Crippen LogP contribution in [0.25, 0.3) is 0 Å². The highest BCUT2D eigenvalue weighted by Gasteiger charge is 2.21. The molecule has 0 aromatic rings. The van der Waals surface area contributed by atoms with Crippen molar-refractivity contribution < 1.29 is 8.95 Å². The van der Waals surface area contributed by atoms with Gasteiger partial charge in [-0.05, 0) is 25.7 Å². The minimum absolute atomic E-state index is 0.00959.